The zero-order valence-electron chi connectivity index (χ0n) is 14.8. The fraction of sp³-hybridized carbons (Fsp3) is 0.278. The summed E-state index contributed by atoms with van der Waals surface area (Å²) in [5.41, 5.74) is 1.56. The Bertz CT molecular complexity index is 975. The lowest BCUT2D eigenvalue weighted by atomic mass is 9.87. The largest absolute Gasteiger partial charge is 0.418 e. The van der Waals surface area contributed by atoms with Crippen LogP contribution in [0.3, 0.4) is 0 Å². The topological polar surface area (TPSA) is 98.0 Å². The van der Waals surface area contributed by atoms with E-state index in [4.69, 9.17) is 4.42 Å². The lowest BCUT2D eigenvalue weighted by Crippen LogP contribution is -2.23. The molecule has 2 heterocycles. The molecular weight excluding hydrogens is 352 g/mol. The highest BCUT2D eigenvalue weighted by atomic mass is 32.2. The Morgan fingerprint density at radius 2 is 1.77 bits per heavy atom. The Morgan fingerprint density at radius 3 is 2.38 bits per heavy atom. The number of rotatable bonds is 5. The standard InChI is InChI=1S/C18H20N4O3S/c1-18(2,3)13-7-9-14(10-8-13)26(23,24)20-12-16-21-22-17(25-16)15-6-4-5-11-19-15/h4-11,20H,12H2,1-3H3. The van der Waals surface area contributed by atoms with Crippen molar-refractivity contribution in [2.24, 2.45) is 0 Å². The molecule has 0 unspecified atom stereocenters. The predicted molar refractivity (Wildman–Crippen MR) is 96.7 cm³/mol. The first-order valence-corrected chi connectivity index (χ1v) is 9.58. The molecule has 0 fully saturated rings. The maximum Gasteiger partial charge on any atom is 0.266 e. The zero-order valence-corrected chi connectivity index (χ0v) is 15.6. The number of nitrogens with zero attached hydrogens (tertiary/aromatic N) is 3. The molecule has 0 atom stereocenters. The van der Waals surface area contributed by atoms with Gasteiger partial charge in [0.1, 0.15) is 5.69 Å². The van der Waals surface area contributed by atoms with Crippen LogP contribution in [-0.2, 0) is 22.0 Å². The van der Waals surface area contributed by atoms with Crippen molar-refractivity contribution in [1.82, 2.24) is 19.9 Å². The van der Waals surface area contributed by atoms with E-state index in [0.29, 0.717) is 5.69 Å². The fourth-order valence-corrected chi connectivity index (χ4v) is 3.27. The molecule has 3 aromatic rings. The smallest absolute Gasteiger partial charge is 0.266 e. The molecule has 0 saturated heterocycles. The SMILES string of the molecule is CC(C)(C)c1ccc(S(=O)(=O)NCc2nnc(-c3ccccn3)o2)cc1. The summed E-state index contributed by atoms with van der Waals surface area (Å²) < 4.78 is 32.8. The number of hydrogen-bond donors (Lipinski definition) is 1. The molecule has 0 saturated carbocycles. The molecule has 0 bridgehead atoms. The molecule has 3 rings (SSSR count). The maximum absolute atomic E-state index is 12.4. The third-order valence-corrected chi connectivity index (χ3v) is 5.21. The van der Waals surface area contributed by atoms with Gasteiger partial charge in [0.05, 0.1) is 11.4 Å². The third kappa shape index (κ3) is 4.14. The highest BCUT2D eigenvalue weighted by molar-refractivity contribution is 7.89. The molecule has 8 heteroatoms. The van der Waals surface area contributed by atoms with E-state index in [9.17, 15) is 8.42 Å². The van der Waals surface area contributed by atoms with Crippen LogP contribution in [0, 0.1) is 0 Å². The van der Waals surface area contributed by atoms with E-state index < -0.39 is 10.0 Å². The van der Waals surface area contributed by atoms with Crippen molar-refractivity contribution < 1.29 is 12.8 Å². The molecule has 0 amide bonds. The Labute approximate surface area is 152 Å². The van der Waals surface area contributed by atoms with Gasteiger partial charge in [0, 0.05) is 6.20 Å². The lowest BCUT2D eigenvalue weighted by Gasteiger charge is -2.19. The number of sulfonamides is 1. The average molecular weight is 372 g/mol. The van der Waals surface area contributed by atoms with Crippen molar-refractivity contribution in [2.45, 2.75) is 37.6 Å². The van der Waals surface area contributed by atoms with Crippen molar-refractivity contribution in [3.8, 4) is 11.6 Å². The molecule has 0 radical (unpaired) electrons. The van der Waals surface area contributed by atoms with Crippen LogP contribution in [0.5, 0.6) is 0 Å². The van der Waals surface area contributed by atoms with Crippen LogP contribution in [-0.4, -0.2) is 23.6 Å². The van der Waals surface area contributed by atoms with Crippen LogP contribution >= 0.6 is 0 Å². The highest BCUT2D eigenvalue weighted by Crippen LogP contribution is 2.23. The number of benzene rings is 1. The third-order valence-electron chi connectivity index (χ3n) is 3.79. The minimum Gasteiger partial charge on any atom is -0.418 e. The van der Waals surface area contributed by atoms with Gasteiger partial charge in [-0.15, -0.1) is 10.2 Å². The second kappa shape index (κ2) is 6.97. The van der Waals surface area contributed by atoms with E-state index in [1.807, 2.05) is 12.1 Å². The molecule has 0 aliphatic rings. The van der Waals surface area contributed by atoms with E-state index in [1.165, 1.54) is 0 Å². The first kappa shape index (κ1) is 18.2. The van der Waals surface area contributed by atoms with Gasteiger partial charge in [0.15, 0.2) is 0 Å². The summed E-state index contributed by atoms with van der Waals surface area (Å²) >= 11 is 0. The molecule has 0 spiro atoms. The van der Waals surface area contributed by atoms with E-state index in [2.05, 4.69) is 40.7 Å². The molecule has 26 heavy (non-hydrogen) atoms. The van der Waals surface area contributed by atoms with Gasteiger partial charge in [-0.05, 0) is 35.2 Å². The second-order valence-corrected chi connectivity index (χ2v) is 8.58. The fourth-order valence-electron chi connectivity index (χ4n) is 2.29. The first-order valence-electron chi connectivity index (χ1n) is 8.10. The van der Waals surface area contributed by atoms with Crippen molar-refractivity contribution in [2.75, 3.05) is 0 Å². The Hall–Kier alpha value is -2.58. The highest BCUT2D eigenvalue weighted by Gasteiger charge is 2.18. The van der Waals surface area contributed by atoms with Gasteiger partial charge >= 0.3 is 0 Å². The first-order chi connectivity index (χ1) is 12.3. The van der Waals surface area contributed by atoms with Crippen LogP contribution in [0.25, 0.3) is 11.6 Å². The molecule has 2 aromatic heterocycles. The van der Waals surface area contributed by atoms with Crippen molar-refractivity contribution in [3.05, 3.63) is 60.1 Å². The van der Waals surface area contributed by atoms with Crippen LogP contribution in [0.15, 0.2) is 58.0 Å². The second-order valence-electron chi connectivity index (χ2n) is 6.81. The van der Waals surface area contributed by atoms with E-state index >= 15 is 0 Å². The van der Waals surface area contributed by atoms with Gasteiger partial charge < -0.3 is 4.42 Å². The molecule has 0 aliphatic carbocycles. The minimum atomic E-state index is -3.67. The maximum atomic E-state index is 12.4. The van der Waals surface area contributed by atoms with Gasteiger partial charge in [-0.1, -0.05) is 39.0 Å². The van der Waals surface area contributed by atoms with Gasteiger partial charge in [0.2, 0.25) is 15.9 Å². The predicted octanol–water partition coefficient (Wildman–Crippen LogP) is 2.91. The lowest BCUT2D eigenvalue weighted by molar-refractivity contribution is 0.493. The molecule has 1 N–H and O–H groups in total. The van der Waals surface area contributed by atoms with Gasteiger partial charge in [-0.3, -0.25) is 4.98 Å². The Balaban J connectivity index is 1.70. The number of aromatic nitrogens is 3. The average Bonchev–Trinajstić information content (AvgIpc) is 3.09. The number of pyridine rings is 1. The normalized spacial score (nSPS) is 12.3. The molecule has 136 valence electrons. The molecule has 1 aromatic carbocycles. The van der Waals surface area contributed by atoms with Crippen LogP contribution in [0.4, 0.5) is 0 Å². The van der Waals surface area contributed by atoms with Crippen molar-refractivity contribution in [1.29, 1.82) is 0 Å². The summed E-state index contributed by atoms with van der Waals surface area (Å²) in [6.07, 6.45) is 1.61. The summed E-state index contributed by atoms with van der Waals surface area (Å²) in [6, 6.07) is 12.1. The van der Waals surface area contributed by atoms with Crippen molar-refractivity contribution >= 4 is 10.0 Å². The van der Waals surface area contributed by atoms with Crippen LogP contribution in [0.2, 0.25) is 0 Å². The monoisotopic (exact) mass is 372 g/mol. The summed E-state index contributed by atoms with van der Waals surface area (Å²) in [5.74, 6) is 0.412. The van der Waals surface area contributed by atoms with Crippen LogP contribution < -0.4 is 4.72 Å². The minimum absolute atomic E-state index is 0.0403. The zero-order chi connectivity index (χ0) is 18.8. The summed E-state index contributed by atoms with van der Waals surface area (Å²) in [4.78, 5) is 4.30. The van der Waals surface area contributed by atoms with E-state index in [0.717, 1.165) is 5.56 Å². The van der Waals surface area contributed by atoms with E-state index in [-0.39, 0.29) is 28.6 Å². The summed E-state index contributed by atoms with van der Waals surface area (Å²) in [7, 11) is -3.67. The number of hydrogen-bond acceptors (Lipinski definition) is 6. The summed E-state index contributed by atoms with van der Waals surface area (Å²) in [6.45, 7) is 6.12. The van der Waals surface area contributed by atoms with Crippen molar-refractivity contribution in [3.63, 3.8) is 0 Å². The summed E-state index contributed by atoms with van der Waals surface area (Å²) in [5, 5.41) is 7.74. The van der Waals surface area contributed by atoms with Crippen LogP contribution in [0.1, 0.15) is 32.2 Å². The number of nitrogens with one attached hydrogen (secondary N) is 1. The Morgan fingerprint density at radius 1 is 1.04 bits per heavy atom. The van der Waals surface area contributed by atoms with Gasteiger partial charge in [-0.25, -0.2) is 13.1 Å². The quantitative estimate of drug-likeness (QED) is 0.739. The molecule has 0 aliphatic heterocycles. The molecular formula is C18H20N4O3S. The van der Waals surface area contributed by atoms with Gasteiger partial charge in [-0.2, -0.15) is 0 Å². The van der Waals surface area contributed by atoms with E-state index in [1.54, 1.807) is 36.5 Å². The molecule has 7 nitrogen and oxygen atoms in total. The Kier molecular flexibility index (Phi) is 4.88. The van der Waals surface area contributed by atoms with Gasteiger partial charge in [0.25, 0.3) is 5.89 Å².